The fraction of sp³-hybridized carbons (Fsp3) is 0.158. The van der Waals surface area contributed by atoms with Crippen LogP contribution in [-0.4, -0.2) is 35.9 Å². The zero-order chi connectivity index (χ0) is 23.3. The molecular weight excluding hydrogens is 445 g/mol. The number of nitro groups is 1. The third kappa shape index (κ3) is 5.57. The molecule has 32 heavy (non-hydrogen) atoms. The van der Waals surface area contributed by atoms with E-state index in [4.69, 9.17) is 4.74 Å². The van der Waals surface area contributed by atoms with Crippen molar-refractivity contribution in [2.24, 2.45) is 0 Å². The lowest BCUT2D eigenvalue weighted by molar-refractivity contribution is -0.389. The third-order valence-electron chi connectivity index (χ3n) is 4.26. The van der Waals surface area contributed by atoms with Crippen LogP contribution < -0.4 is 14.8 Å². The summed E-state index contributed by atoms with van der Waals surface area (Å²) in [6, 6.07) is 8.66. The number of methoxy groups -OCH3 is 1. The molecule has 1 aromatic heterocycles. The zero-order valence-electron chi connectivity index (χ0n) is 16.7. The number of aromatic nitrogens is 2. The SMILES string of the molecule is COc1ccc(NC(=O)CCn2cnc([N+](=O)[O-])c2)cc1NS(=O)(=O)c1ccc(F)cc1. The van der Waals surface area contributed by atoms with Gasteiger partial charge in [-0.05, 0) is 52.4 Å². The Bertz CT molecular complexity index is 1240. The molecule has 0 bridgehead atoms. The highest BCUT2D eigenvalue weighted by Gasteiger charge is 2.18. The molecule has 3 rings (SSSR count). The quantitative estimate of drug-likeness (QED) is 0.366. The van der Waals surface area contributed by atoms with Gasteiger partial charge < -0.3 is 24.7 Å². The molecule has 0 saturated carbocycles. The molecular formula is C19H18FN5O6S. The van der Waals surface area contributed by atoms with Crippen LogP contribution in [0.25, 0.3) is 0 Å². The van der Waals surface area contributed by atoms with E-state index in [0.29, 0.717) is 5.69 Å². The van der Waals surface area contributed by atoms with Crippen molar-refractivity contribution in [3.8, 4) is 5.75 Å². The van der Waals surface area contributed by atoms with Gasteiger partial charge in [0.1, 0.15) is 17.8 Å². The average molecular weight is 463 g/mol. The number of benzene rings is 2. The van der Waals surface area contributed by atoms with Gasteiger partial charge in [0, 0.05) is 18.7 Å². The topological polar surface area (TPSA) is 145 Å². The van der Waals surface area contributed by atoms with Crippen LogP contribution in [0, 0.1) is 15.9 Å². The molecule has 0 unspecified atom stereocenters. The second-order valence-electron chi connectivity index (χ2n) is 6.50. The van der Waals surface area contributed by atoms with Crippen molar-refractivity contribution in [1.82, 2.24) is 9.55 Å². The first-order chi connectivity index (χ1) is 15.2. The predicted molar refractivity (Wildman–Crippen MR) is 112 cm³/mol. The lowest BCUT2D eigenvalue weighted by Gasteiger charge is -2.14. The van der Waals surface area contributed by atoms with E-state index in [1.54, 1.807) is 0 Å². The number of aryl methyl sites for hydroxylation is 1. The van der Waals surface area contributed by atoms with Crippen LogP contribution in [0.3, 0.4) is 0 Å². The summed E-state index contributed by atoms with van der Waals surface area (Å²) in [6.07, 6.45) is 2.46. The van der Waals surface area contributed by atoms with Gasteiger partial charge in [-0.2, -0.15) is 0 Å². The summed E-state index contributed by atoms with van der Waals surface area (Å²) in [5.74, 6) is -1.09. The summed E-state index contributed by atoms with van der Waals surface area (Å²) in [4.78, 5) is 25.7. The van der Waals surface area contributed by atoms with Gasteiger partial charge in [-0.3, -0.25) is 9.52 Å². The first kappa shape index (κ1) is 22.7. The van der Waals surface area contributed by atoms with Gasteiger partial charge in [0.25, 0.3) is 10.0 Å². The van der Waals surface area contributed by atoms with Crippen LogP contribution in [0.4, 0.5) is 21.6 Å². The number of carbonyl (C=O) groups is 1. The maximum Gasteiger partial charge on any atom is 0.381 e. The Balaban J connectivity index is 1.70. The van der Waals surface area contributed by atoms with E-state index in [0.717, 1.165) is 24.3 Å². The summed E-state index contributed by atoms with van der Waals surface area (Å²) in [5.41, 5.74) is 0.365. The monoisotopic (exact) mass is 463 g/mol. The van der Waals surface area contributed by atoms with Crippen molar-refractivity contribution in [3.63, 3.8) is 0 Å². The molecule has 0 spiro atoms. The van der Waals surface area contributed by atoms with Crippen LogP contribution in [0.15, 0.2) is 59.9 Å². The molecule has 1 amide bonds. The highest BCUT2D eigenvalue weighted by atomic mass is 32.2. The second-order valence-corrected chi connectivity index (χ2v) is 8.18. The highest BCUT2D eigenvalue weighted by molar-refractivity contribution is 7.92. The van der Waals surface area contributed by atoms with Crippen LogP contribution in [0.1, 0.15) is 6.42 Å². The fourth-order valence-corrected chi connectivity index (χ4v) is 3.76. The Morgan fingerprint density at radius 3 is 2.59 bits per heavy atom. The molecule has 0 aliphatic carbocycles. The molecule has 2 N–H and O–H groups in total. The fourth-order valence-electron chi connectivity index (χ4n) is 2.70. The minimum Gasteiger partial charge on any atom is -0.495 e. The summed E-state index contributed by atoms with van der Waals surface area (Å²) in [5, 5.41) is 13.3. The predicted octanol–water partition coefficient (Wildman–Crippen LogP) is 2.77. The van der Waals surface area contributed by atoms with E-state index in [-0.39, 0.29) is 35.1 Å². The van der Waals surface area contributed by atoms with Crippen molar-refractivity contribution < 1.29 is 27.3 Å². The number of carbonyl (C=O) groups excluding carboxylic acids is 1. The molecule has 11 nitrogen and oxygen atoms in total. The lowest BCUT2D eigenvalue weighted by Crippen LogP contribution is -2.16. The Kier molecular flexibility index (Phi) is 6.68. The number of amides is 1. The normalized spacial score (nSPS) is 11.1. The Morgan fingerprint density at radius 2 is 1.97 bits per heavy atom. The summed E-state index contributed by atoms with van der Waals surface area (Å²) in [6.45, 7) is 0.160. The molecule has 168 valence electrons. The van der Waals surface area contributed by atoms with Gasteiger partial charge in [-0.1, -0.05) is 0 Å². The standard InChI is InChI=1S/C19H18FN5O6S/c1-31-17-7-4-14(22-19(26)8-9-24-11-18(21-12-24)25(27)28)10-16(17)23-32(29,30)15-5-2-13(20)3-6-15/h2-7,10-12,23H,8-9H2,1H3,(H,22,26). The van der Waals surface area contributed by atoms with Gasteiger partial charge in [0.15, 0.2) is 0 Å². The number of ether oxygens (including phenoxy) is 1. The third-order valence-corrected chi connectivity index (χ3v) is 5.64. The van der Waals surface area contributed by atoms with Crippen molar-refractivity contribution >= 4 is 33.1 Å². The number of rotatable bonds is 9. The van der Waals surface area contributed by atoms with Crippen molar-refractivity contribution in [2.45, 2.75) is 17.9 Å². The van der Waals surface area contributed by atoms with E-state index in [1.807, 2.05) is 0 Å². The molecule has 0 atom stereocenters. The number of nitrogens with one attached hydrogen (secondary N) is 2. The number of imidazole rings is 1. The number of hydrogen-bond donors (Lipinski definition) is 2. The van der Waals surface area contributed by atoms with Gasteiger partial charge >= 0.3 is 5.82 Å². The van der Waals surface area contributed by atoms with Crippen molar-refractivity contribution in [2.75, 3.05) is 17.1 Å². The maximum absolute atomic E-state index is 13.1. The minimum atomic E-state index is -4.03. The first-order valence-corrected chi connectivity index (χ1v) is 10.6. The Hall–Kier alpha value is -4.00. The van der Waals surface area contributed by atoms with E-state index >= 15 is 0 Å². The average Bonchev–Trinajstić information content (AvgIpc) is 3.22. The largest absolute Gasteiger partial charge is 0.495 e. The lowest BCUT2D eigenvalue weighted by atomic mass is 10.2. The van der Waals surface area contributed by atoms with E-state index in [1.165, 1.54) is 42.4 Å². The van der Waals surface area contributed by atoms with Gasteiger partial charge in [-0.15, -0.1) is 0 Å². The summed E-state index contributed by atoms with van der Waals surface area (Å²) in [7, 11) is -2.68. The number of anilines is 2. The maximum atomic E-state index is 13.1. The molecule has 1 heterocycles. The molecule has 2 aromatic carbocycles. The summed E-state index contributed by atoms with van der Waals surface area (Å²) >= 11 is 0. The van der Waals surface area contributed by atoms with E-state index in [2.05, 4.69) is 15.0 Å². The molecule has 0 radical (unpaired) electrons. The number of sulfonamides is 1. The Morgan fingerprint density at radius 1 is 1.25 bits per heavy atom. The van der Waals surface area contributed by atoms with Crippen LogP contribution in [0.5, 0.6) is 5.75 Å². The first-order valence-electron chi connectivity index (χ1n) is 9.10. The van der Waals surface area contributed by atoms with Crippen molar-refractivity contribution in [1.29, 1.82) is 0 Å². The van der Waals surface area contributed by atoms with Crippen LogP contribution in [-0.2, 0) is 21.4 Å². The molecule has 13 heteroatoms. The molecule has 0 aliphatic rings. The van der Waals surface area contributed by atoms with E-state index < -0.39 is 26.7 Å². The van der Waals surface area contributed by atoms with Gasteiger partial charge in [0.2, 0.25) is 12.2 Å². The molecule has 0 fully saturated rings. The summed E-state index contributed by atoms with van der Waals surface area (Å²) < 4.78 is 47.2. The molecule has 0 saturated heterocycles. The van der Waals surface area contributed by atoms with Crippen LogP contribution >= 0.6 is 0 Å². The zero-order valence-corrected chi connectivity index (χ0v) is 17.5. The molecule has 3 aromatic rings. The minimum absolute atomic E-state index is 0.00379. The van der Waals surface area contributed by atoms with Crippen LogP contribution in [0.2, 0.25) is 0 Å². The van der Waals surface area contributed by atoms with E-state index in [9.17, 15) is 27.7 Å². The second kappa shape index (κ2) is 9.43. The molecule has 0 aliphatic heterocycles. The number of nitrogens with zero attached hydrogens (tertiary/aromatic N) is 3. The number of halogens is 1. The Labute approximate surface area is 182 Å². The smallest absolute Gasteiger partial charge is 0.381 e. The van der Waals surface area contributed by atoms with Gasteiger partial charge in [0.05, 0.1) is 17.7 Å². The van der Waals surface area contributed by atoms with Crippen molar-refractivity contribution in [3.05, 3.63) is 70.9 Å². The number of hydrogen-bond acceptors (Lipinski definition) is 7. The van der Waals surface area contributed by atoms with Gasteiger partial charge in [-0.25, -0.2) is 12.8 Å². The highest BCUT2D eigenvalue weighted by Crippen LogP contribution is 2.30.